The molecule has 29 heavy (non-hydrogen) atoms. The van der Waals surface area contributed by atoms with E-state index in [4.69, 9.17) is 23.2 Å². The van der Waals surface area contributed by atoms with Gasteiger partial charge in [0.05, 0.1) is 35.7 Å². The van der Waals surface area contributed by atoms with Crippen LogP contribution in [0.5, 0.6) is 0 Å². The van der Waals surface area contributed by atoms with E-state index in [-0.39, 0.29) is 21.2 Å². The van der Waals surface area contributed by atoms with Crippen molar-refractivity contribution >= 4 is 44.8 Å². The molecule has 1 heterocycles. The van der Waals surface area contributed by atoms with Crippen LogP contribution in [0.1, 0.15) is 16.8 Å². The number of nitrogens with one attached hydrogen (secondary N) is 4. The summed E-state index contributed by atoms with van der Waals surface area (Å²) in [5.74, 6) is -0.435. The van der Waals surface area contributed by atoms with E-state index in [2.05, 4.69) is 22.6 Å². The van der Waals surface area contributed by atoms with Gasteiger partial charge in [0.2, 0.25) is 0 Å². The lowest BCUT2D eigenvalue weighted by molar-refractivity contribution is -0.875. The molecule has 3 rings (SSSR count). The molecule has 1 aliphatic heterocycles. The fraction of sp³-hybridized carbons (Fsp3) is 0.211. The number of rotatable bonds is 6. The number of sulfonamides is 1. The van der Waals surface area contributed by atoms with Crippen LogP contribution < -0.4 is 20.5 Å². The fourth-order valence-corrected chi connectivity index (χ4v) is 4.27. The molecule has 0 fully saturated rings. The summed E-state index contributed by atoms with van der Waals surface area (Å²) in [4.78, 5) is 13.8. The summed E-state index contributed by atoms with van der Waals surface area (Å²) >= 11 is 11.9. The lowest BCUT2D eigenvalue weighted by Crippen LogP contribution is -3.09. The molecule has 0 saturated heterocycles. The molecule has 1 aliphatic rings. The lowest BCUT2D eigenvalue weighted by atomic mass is 10.2. The van der Waals surface area contributed by atoms with Crippen molar-refractivity contribution in [1.29, 1.82) is 0 Å². The minimum atomic E-state index is -3.96. The highest BCUT2D eigenvalue weighted by molar-refractivity contribution is 7.92. The second kappa shape index (κ2) is 9.04. The molecule has 1 atom stereocenters. The largest absolute Gasteiger partial charge is 0.334 e. The number of hydrogen-bond donors (Lipinski definition) is 4. The zero-order valence-electron chi connectivity index (χ0n) is 15.6. The van der Waals surface area contributed by atoms with E-state index in [1.54, 1.807) is 6.07 Å². The molecule has 154 valence electrons. The van der Waals surface area contributed by atoms with Gasteiger partial charge in [0.1, 0.15) is 0 Å². The van der Waals surface area contributed by atoms with Crippen LogP contribution in [-0.2, 0) is 10.0 Å². The standard InChI is InChI=1S/C19H20Cl2N4O3S/c1-25-9-7-15(8-10-25)22-23-19(26)13-3-2-4-16(11-13)29(27,28)24-18-12-14(20)5-6-17(18)21/h2-7,11-12,22,24H,8-10H2,1H3,(H,23,26)/p+1. The number of hydrazine groups is 1. The predicted molar refractivity (Wildman–Crippen MR) is 114 cm³/mol. The molecule has 0 bridgehead atoms. The van der Waals surface area contributed by atoms with Crippen molar-refractivity contribution in [3.05, 3.63) is 69.8 Å². The molecule has 0 spiro atoms. The summed E-state index contributed by atoms with van der Waals surface area (Å²) in [6, 6.07) is 10.2. The first-order valence-corrected chi connectivity index (χ1v) is 11.1. The van der Waals surface area contributed by atoms with Crippen LogP contribution in [0, 0.1) is 0 Å². The first kappa shape index (κ1) is 21.4. The summed E-state index contributed by atoms with van der Waals surface area (Å²) in [6.07, 6.45) is 2.85. The van der Waals surface area contributed by atoms with Gasteiger partial charge in [-0.1, -0.05) is 29.3 Å². The van der Waals surface area contributed by atoms with E-state index in [1.165, 1.54) is 41.3 Å². The molecule has 1 unspecified atom stereocenters. The van der Waals surface area contributed by atoms with E-state index >= 15 is 0 Å². The summed E-state index contributed by atoms with van der Waals surface area (Å²) in [5, 5.41) is 0.556. The summed E-state index contributed by atoms with van der Waals surface area (Å²) in [5.41, 5.74) is 6.81. The van der Waals surface area contributed by atoms with Gasteiger partial charge < -0.3 is 10.3 Å². The van der Waals surface area contributed by atoms with Gasteiger partial charge in [-0.05, 0) is 42.5 Å². The Morgan fingerprint density at radius 3 is 2.66 bits per heavy atom. The number of quaternary nitrogens is 1. The topological polar surface area (TPSA) is 91.7 Å². The van der Waals surface area contributed by atoms with Crippen molar-refractivity contribution < 1.29 is 18.1 Å². The van der Waals surface area contributed by atoms with Crippen LogP contribution in [-0.4, -0.2) is 34.5 Å². The molecule has 4 N–H and O–H groups in total. The Bertz CT molecular complexity index is 1060. The summed E-state index contributed by atoms with van der Waals surface area (Å²) < 4.78 is 27.8. The first-order valence-electron chi connectivity index (χ1n) is 8.89. The molecular weight excluding hydrogens is 435 g/mol. The van der Waals surface area contributed by atoms with Crippen LogP contribution in [0.2, 0.25) is 10.0 Å². The average molecular weight is 456 g/mol. The summed E-state index contributed by atoms with van der Waals surface area (Å²) in [7, 11) is -1.86. The van der Waals surface area contributed by atoms with Crippen molar-refractivity contribution in [1.82, 2.24) is 10.9 Å². The molecule has 0 radical (unpaired) electrons. The second-order valence-corrected chi connectivity index (χ2v) is 9.25. The van der Waals surface area contributed by atoms with Crippen LogP contribution in [0.3, 0.4) is 0 Å². The number of hydrogen-bond acceptors (Lipinski definition) is 4. The van der Waals surface area contributed by atoms with Crippen molar-refractivity contribution in [2.45, 2.75) is 11.3 Å². The third-order valence-electron chi connectivity index (χ3n) is 4.43. The van der Waals surface area contributed by atoms with Crippen LogP contribution >= 0.6 is 23.2 Å². The van der Waals surface area contributed by atoms with Gasteiger partial charge >= 0.3 is 0 Å². The minimum absolute atomic E-state index is 0.0664. The number of amides is 1. The Balaban J connectivity index is 1.72. The van der Waals surface area contributed by atoms with Crippen LogP contribution in [0.4, 0.5) is 5.69 Å². The maximum absolute atomic E-state index is 12.7. The predicted octanol–water partition coefficient (Wildman–Crippen LogP) is 1.83. The number of carbonyl (C=O) groups excluding carboxylic acids is 1. The SMILES string of the molecule is C[NH+]1CC=C(NNC(=O)c2cccc(S(=O)(=O)Nc3cc(Cl)ccc3Cl)c2)CC1. The zero-order valence-corrected chi connectivity index (χ0v) is 18.0. The van der Waals surface area contributed by atoms with E-state index in [9.17, 15) is 13.2 Å². The Hall–Kier alpha value is -2.26. The normalized spacial score (nSPS) is 16.7. The minimum Gasteiger partial charge on any atom is -0.334 e. The molecule has 1 amide bonds. The molecule has 0 saturated carbocycles. The second-order valence-electron chi connectivity index (χ2n) is 6.73. The Labute approximate surface area is 179 Å². The third kappa shape index (κ3) is 5.63. The molecule has 10 heteroatoms. The van der Waals surface area contributed by atoms with Gasteiger partial charge in [0, 0.05) is 22.7 Å². The Morgan fingerprint density at radius 2 is 1.93 bits per heavy atom. The van der Waals surface area contributed by atoms with E-state index < -0.39 is 15.9 Å². The van der Waals surface area contributed by atoms with E-state index in [0.717, 1.165) is 25.2 Å². The van der Waals surface area contributed by atoms with Crippen molar-refractivity contribution in [2.75, 3.05) is 24.9 Å². The highest BCUT2D eigenvalue weighted by Crippen LogP contribution is 2.27. The van der Waals surface area contributed by atoms with Gasteiger partial charge in [-0.25, -0.2) is 8.42 Å². The smallest absolute Gasteiger partial charge is 0.269 e. The first-order chi connectivity index (χ1) is 13.7. The third-order valence-corrected chi connectivity index (χ3v) is 6.36. The number of halogens is 2. The van der Waals surface area contributed by atoms with Gasteiger partial charge in [0.15, 0.2) is 0 Å². The van der Waals surface area contributed by atoms with Gasteiger partial charge in [-0.2, -0.15) is 0 Å². The molecule has 2 aromatic rings. The van der Waals surface area contributed by atoms with Gasteiger partial charge in [0.25, 0.3) is 15.9 Å². The quantitative estimate of drug-likeness (QED) is 0.500. The van der Waals surface area contributed by atoms with Gasteiger partial charge in [-0.15, -0.1) is 0 Å². The maximum atomic E-state index is 12.7. The van der Waals surface area contributed by atoms with Crippen molar-refractivity contribution in [3.63, 3.8) is 0 Å². The Kier molecular flexibility index (Phi) is 6.69. The maximum Gasteiger partial charge on any atom is 0.269 e. The highest BCUT2D eigenvalue weighted by Gasteiger charge is 2.18. The lowest BCUT2D eigenvalue weighted by Gasteiger charge is -2.20. The van der Waals surface area contributed by atoms with Crippen molar-refractivity contribution in [3.8, 4) is 0 Å². The molecule has 2 aromatic carbocycles. The fourth-order valence-electron chi connectivity index (χ4n) is 2.76. The summed E-state index contributed by atoms with van der Waals surface area (Å²) in [6.45, 7) is 1.85. The zero-order chi connectivity index (χ0) is 21.0. The molecule has 0 aromatic heterocycles. The molecule has 7 nitrogen and oxygen atoms in total. The molecule has 0 aliphatic carbocycles. The van der Waals surface area contributed by atoms with Gasteiger partial charge in [-0.3, -0.25) is 14.9 Å². The Morgan fingerprint density at radius 1 is 1.14 bits per heavy atom. The number of anilines is 1. The number of carbonyl (C=O) groups is 1. The average Bonchev–Trinajstić information content (AvgIpc) is 2.70. The monoisotopic (exact) mass is 455 g/mol. The number of likely N-dealkylation sites (N-methyl/N-ethyl adjacent to an activating group) is 1. The van der Waals surface area contributed by atoms with Crippen molar-refractivity contribution in [2.24, 2.45) is 0 Å². The van der Waals surface area contributed by atoms with E-state index in [1.807, 2.05) is 6.08 Å². The highest BCUT2D eigenvalue weighted by atomic mass is 35.5. The van der Waals surface area contributed by atoms with Crippen LogP contribution in [0.15, 0.2) is 59.1 Å². The van der Waals surface area contributed by atoms with E-state index in [0.29, 0.717) is 5.02 Å². The molecular formula is C19H21Cl2N4O3S+. The number of benzene rings is 2. The van der Waals surface area contributed by atoms with Crippen LogP contribution in [0.25, 0.3) is 0 Å².